The number of carbonyl (C=O) groups is 2. The van der Waals surface area contributed by atoms with E-state index in [2.05, 4.69) is 10.3 Å². The molecule has 0 aliphatic carbocycles. The second-order valence-electron chi connectivity index (χ2n) is 6.41. The quantitative estimate of drug-likeness (QED) is 0.768. The summed E-state index contributed by atoms with van der Waals surface area (Å²) in [6.45, 7) is 3.17. The number of likely N-dealkylation sites (tertiary alicyclic amines) is 1. The average molecular weight is 337 g/mol. The maximum Gasteiger partial charge on any atom is 0.256 e. The van der Waals surface area contributed by atoms with Crippen molar-refractivity contribution in [3.8, 4) is 0 Å². The van der Waals surface area contributed by atoms with Gasteiger partial charge < -0.3 is 19.6 Å². The molecule has 1 unspecified atom stereocenters. The zero-order chi connectivity index (χ0) is 17.4. The number of amides is 2. The summed E-state index contributed by atoms with van der Waals surface area (Å²) < 4.78 is 4.91. The Morgan fingerprint density at radius 2 is 2.24 bits per heavy atom. The molecular weight excluding hydrogens is 318 g/mol. The topological polar surface area (TPSA) is 78.3 Å². The van der Waals surface area contributed by atoms with E-state index in [-0.39, 0.29) is 17.9 Å². The van der Waals surface area contributed by atoms with Gasteiger partial charge in [0.15, 0.2) is 0 Å². The monoisotopic (exact) mass is 337 g/mol. The SMILES string of the molecule is Cc1ccc2[nH]cc(C(=O)N3CCC3CNC(=O)c3ccoc3)c2c1. The van der Waals surface area contributed by atoms with E-state index in [1.165, 1.54) is 12.5 Å². The number of nitrogens with one attached hydrogen (secondary N) is 2. The normalized spacial score (nSPS) is 16.7. The van der Waals surface area contributed by atoms with Crippen molar-refractivity contribution >= 4 is 22.7 Å². The molecule has 1 atom stereocenters. The number of H-pyrrole nitrogens is 1. The van der Waals surface area contributed by atoms with Crippen molar-refractivity contribution in [3.63, 3.8) is 0 Å². The minimum absolute atomic E-state index is 0.00524. The number of aromatic nitrogens is 1. The molecule has 1 aromatic carbocycles. The molecule has 2 aromatic heterocycles. The fourth-order valence-electron chi connectivity index (χ4n) is 3.19. The van der Waals surface area contributed by atoms with E-state index in [0.717, 1.165) is 22.9 Å². The van der Waals surface area contributed by atoms with E-state index in [9.17, 15) is 9.59 Å². The summed E-state index contributed by atoms with van der Waals surface area (Å²) in [5.74, 6) is -0.179. The predicted molar refractivity (Wildman–Crippen MR) is 93.5 cm³/mol. The maximum absolute atomic E-state index is 12.9. The number of rotatable bonds is 4. The fourth-order valence-corrected chi connectivity index (χ4v) is 3.19. The Bertz CT molecular complexity index is 927. The highest BCUT2D eigenvalue weighted by Crippen LogP contribution is 2.25. The van der Waals surface area contributed by atoms with Crippen LogP contribution in [-0.4, -0.2) is 40.8 Å². The number of fused-ring (bicyclic) bond motifs is 1. The Labute approximate surface area is 144 Å². The molecule has 2 N–H and O–H groups in total. The van der Waals surface area contributed by atoms with Crippen molar-refractivity contribution in [2.24, 2.45) is 0 Å². The Morgan fingerprint density at radius 1 is 1.36 bits per heavy atom. The zero-order valence-electron chi connectivity index (χ0n) is 13.9. The van der Waals surface area contributed by atoms with Gasteiger partial charge in [0.05, 0.1) is 23.4 Å². The summed E-state index contributed by atoms with van der Waals surface area (Å²) in [7, 11) is 0. The highest BCUT2D eigenvalue weighted by molar-refractivity contribution is 6.07. The van der Waals surface area contributed by atoms with Crippen LogP contribution in [0, 0.1) is 6.92 Å². The van der Waals surface area contributed by atoms with Gasteiger partial charge in [-0.1, -0.05) is 11.6 Å². The molecule has 0 spiro atoms. The van der Waals surface area contributed by atoms with Crippen molar-refractivity contribution in [2.45, 2.75) is 19.4 Å². The molecule has 0 radical (unpaired) electrons. The van der Waals surface area contributed by atoms with Crippen LogP contribution in [-0.2, 0) is 0 Å². The van der Waals surface area contributed by atoms with Gasteiger partial charge in [0.2, 0.25) is 0 Å². The third-order valence-corrected chi connectivity index (χ3v) is 4.75. The Hall–Kier alpha value is -3.02. The van der Waals surface area contributed by atoms with E-state index >= 15 is 0 Å². The van der Waals surface area contributed by atoms with Crippen LogP contribution in [0.4, 0.5) is 0 Å². The molecule has 2 amide bonds. The van der Waals surface area contributed by atoms with Gasteiger partial charge in [-0.3, -0.25) is 9.59 Å². The second kappa shape index (κ2) is 6.12. The lowest BCUT2D eigenvalue weighted by atomic mass is 10.0. The maximum atomic E-state index is 12.9. The lowest BCUT2D eigenvalue weighted by molar-refractivity contribution is 0.0458. The molecule has 128 valence electrons. The lowest BCUT2D eigenvalue weighted by Crippen LogP contribution is -2.55. The van der Waals surface area contributed by atoms with Crippen LogP contribution in [0.1, 0.15) is 32.7 Å². The summed E-state index contributed by atoms with van der Waals surface area (Å²) in [5, 5.41) is 3.81. The second-order valence-corrected chi connectivity index (χ2v) is 6.41. The van der Waals surface area contributed by atoms with E-state index in [0.29, 0.717) is 24.2 Å². The third-order valence-electron chi connectivity index (χ3n) is 4.75. The van der Waals surface area contributed by atoms with Gasteiger partial charge in [0, 0.05) is 30.2 Å². The summed E-state index contributed by atoms with van der Waals surface area (Å²) >= 11 is 0. The number of benzene rings is 1. The van der Waals surface area contributed by atoms with Gasteiger partial charge >= 0.3 is 0 Å². The standard InChI is InChI=1S/C19H19N3O3/c1-12-2-3-17-15(8-12)16(10-20-17)19(24)22-6-4-14(22)9-21-18(23)13-5-7-25-11-13/h2-3,5,7-8,10-11,14,20H,4,6,9H2,1H3,(H,21,23). The Morgan fingerprint density at radius 3 is 2.96 bits per heavy atom. The first-order valence-corrected chi connectivity index (χ1v) is 8.32. The molecule has 3 heterocycles. The van der Waals surface area contributed by atoms with Gasteiger partial charge in [-0.25, -0.2) is 0 Å². The molecule has 0 bridgehead atoms. The van der Waals surface area contributed by atoms with Gasteiger partial charge in [0.25, 0.3) is 11.8 Å². The van der Waals surface area contributed by atoms with Crippen LogP contribution < -0.4 is 5.32 Å². The molecule has 6 heteroatoms. The molecule has 1 fully saturated rings. The van der Waals surface area contributed by atoms with Crippen LogP contribution >= 0.6 is 0 Å². The van der Waals surface area contributed by atoms with Crippen LogP contribution in [0.25, 0.3) is 10.9 Å². The van der Waals surface area contributed by atoms with Gasteiger partial charge in [0.1, 0.15) is 6.26 Å². The van der Waals surface area contributed by atoms with Gasteiger partial charge in [-0.05, 0) is 31.5 Å². The molecule has 1 aliphatic rings. The minimum atomic E-state index is -0.184. The minimum Gasteiger partial charge on any atom is -0.472 e. The Balaban J connectivity index is 1.45. The van der Waals surface area contributed by atoms with Crippen molar-refractivity contribution in [3.05, 3.63) is 59.7 Å². The van der Waals surface area contributed by atoms with Crippen LogP contribution in [0.3, 0.4) is 0 Å². The Kier molecular flexibility index (Phi) is 3.80. The fraction of sp³-hybridized carbons (Fsp3) is 0.263. The summed E-state index contributed by atoms with van der Waals surface area (Å²) in [6.07, 6.45) is 5.53. The van der Waals surface area contributed by atoms with E-state index < -0.39 is 0 Å². The van der Waals surface area contributed by atoms with Crippen LogP contribution in [0.5, 0.6) is 0 Å². The highest BCUT2D eigenvalue weighted by atomic mass is 16.3. The van der Waals surface area contributed by atoms with E-state index in [1.807, 2.05) is 30.0 Å². The molecule has 6 nitrogen and oxygen atoms in total. The number of hydrogen-bond acceptors (Lipinski definition) is 3. The first kappa shape index (κ1) is 15.5. The number of hydrogen-bond donors (Lipinski definition) is 2. The van der Waals surface area contributed by atoms with Crippen molar-refractivity contribution in [1.82, 2.24) is 15.2 Å². The largest absolute Gasteiger partial charge is 0.472 e. The molecule has 3 aromatic rings. The molecule has 4 rings (SSSR count). The summed E-state index contributed by atoms with van der Waals surface area (Å²) in [5.41, 5.74) is 3.25. The molecule has 1 saturated heterocycles. The number of nitrogens with zero attached hydrogens (tertiary/aromatic N) is 1. The van der Waals surface area contributed by atoms with Crippen LogP contribution in [0.2, 0.25) is 0 Å². The smallest absolute Gasteiger partial charge is 0.256 e. The highest BCUT2D eigenvalue weighted by Gasteiger charge is 2.33. The zero-order valence-corrected chi connectivity index (χ0v) is 13.9. The third kappa shape index (κ3) is 2.80. The van der Waals surface area contributed by atoms with Crippen molar-refractivity contribution in [2.75, 3.05) is 13.1 Å². The van der Waals surface area contributed by atoms with Crippen LogP contribution in [0.15, 0.2) is 47.4 Å². The number of furan rings is 1. The van der Waals surface area contributed by atoms with Crippen molar-refractivity contribution < 1.29 is 14.0 Å². The summed E-state index contributed by atoms with van der Waals surface area (Å²) in [4.78, 5) is 29.8. The lowest BCUT2D eigenvalue weighted by Gasteiger charge is -2.41. The molecule has 0 saturated carbocycles. The van der Waals surface area contributed by atoms with Gasteiger partial charge in [-0.15, -0.1) is 0 Å². The predicted octanol–water partition coefficient (Wildman–Crippen LogP) is 2.71. The molecular formula is C19H19N3O3. The first-order chi connectivity index (χ1) is 12.1. The van der Waals surface area contributed by atoms with Gasteiger partial charge in [-0.2, -0.15) is 0 Å². The number of carbonyl (C=O) groups excluding carboxylic acids is 2. The van der Waals surface area contributed by atoms with Crippen molar-refractivity contribution in [1.29, 1.82) is 0 Å². The molecule has 25 heavy (non-hydrogen) atoms. The summed E-state index contributed by atoms with van der Waals surface area (Å²) in [6, 6.07) is 7.67. The van der Waals surface area contributed by atoms with E-state index in [4.69, 9.17) is 4.42 Å². The average Bonchev–Trinajstić information content (AvgIpc) is 3.23. The molecule has 1 aliphatic heterocycles. The number of aromatic amines is 1. The van der Waals surface area contributed by atoms with E-state index in [1.54, 1.807) is 12.3 Å². The first-order valence-electron chi connectivity index (χ1n) is 8.32. The number of aryl methyl sites for hydroxylation is 1.